The van der Waals surface area contributed by atoms with Gasteiger partial charge in [-0.1, -0.05) is 12.2 Å². The van der Waals surface area contributed by atoms with Gasteiger partial charge in [0.1, 0.15) is 10.8 Å². The zero-order valence-corrected chi connectivity index (χ0v) is 12.0. The normalized spacial score (nSPS) is 15.5. The van der Waals surface area contributed by atoms with Crippen LogP contribution in [-0.4, -0.2) is 47.0 Å². The summed E-state index contributed by atoms with van der Waals surface area (Å²) in [6.07, 6.45) is 1.77. The number of hydrogen-bond acceptors (Lipinski definition) is 4. The number of rotatable bonds is 2. The smallest absolute Gasteiger partial charge is 0.219 e. The molecule has 2 N–H and O–H groups in total. The minimum absolute atomic E-state index is 0.117. The highest BCUT2D eigenvalue weighted by Crippen LogP contribution is 2.22. The Hall–Kier alpha value is -1.69. The maximum Gasteiger partial charge on any atom is 0.219 e. The van der Waals surface area contributed by atoms with Crippen LogP contribution in [0.3, 0.4) is 0 Å². The maximum atomic E-state index is 11.3. The Kier molecular flexibility index (Phi) is 3.99. The fraction of sp³-hybridized carbons (Fsp3) is 0.462. The van der Waals surface area contributed by atoms with E-state index in [0.29, 0.717) is 18.1 Å². The predicted molar refractivity (Wildman–Crippen MR) is 79.3 cm³/mol. The van der Waals surface area contributed by atoms with Crippen molar-refractivity contribution in [3.05, 3.63) is 23.4 Å². The Morgan fingerprint density at radius 3 is 2.53 bits per heavy atom. The van der Waals surface area contributed by atoms with Crippen molar-refractivity contribution in [2.45, 2.75) is 13.8 Å². The zero-order valence-electron chi connectivity index (χ0n) is 11.2. The molecule has 2 rings (SSSR count). The molecule has 6 heteroatoms. The molecule has 0 bridgehead atoms. The number of thiocarbonyl (C=S) groups is 1. The number of aromatic nitrogens is 1. The summed E-state index contributed by atoms with van der Waals surface area (Å²) in [6.45, 7) is 6.51. The second kappa shape index (κ2) is 5.52. The van der Waals surface area contributed by atoms with E-state index in [1.165, 1.54) is 0 Å². The van der Waals surface area contributed by atoms with E-state index in [1.54, 1.807) is 13.1 Å². The molecule has 0 radical (unpaired) electrons. The number of hydrogen-bond donors (Lipinski definition) is 1. The molecule has 0 aromatic carbocycles. The number of amides is 1. The summed E-state index contributed by atoms with van der Waals surface area (Å²) < 4.78 is 0. The molecule has 0 atom stereocenters. The number of anilines is 1. The molecular weight excluding hydrogens is 260 g/mol. The first kappa shape index (κ1) is 13.7. The van der Waals surface area contributed by atoms with E-state index in [-0.39, 0.29) is 5.91 Å². The van der Waals surface area contributed by atoms with Crippen LogP contribution in [0.1, 0.15) is 18.1 Å². The highest BCUT2D eigenvalue weighted by atomic mass is 32.1. The molecule has 0 unspecified atom stereocenters. The predicted octanol–water partition coefficient (Wildman–Crippen LogP) is 0.693. The first-order valence-electron chi connectivity index (χ1n) is 6.26. The van der Waals surface area contributed by atoms with Gasteiger partial charge in [-0.25, -0.2) is 4.98 Å². The molecule has 102 valence electrons. The molecular formula is C13H18N4OS. The lowest BCUT2D eigenvalue weighted by molar-refractivity contribution is -0.129. The Labute approximate surface area is 118 Å². The Morgan fingerprint density at radius 2 is 2.00 bits per heavy atom. The summed E-state index contributed by atoms with van der Waals surface area (Å²) in [4.78, 5) is 20.1. The van der Waals surface area contributed by atoms with E-state index in [1.807, 2.05) is 17.9 Å². The molecule has 1 fully saturated rings. The van der Waals surface area contributed by atoms with E-state index in [9.17, 15) is 4.79 Å². The lowest BCUT2D eigenvalue weighted by Gasteiger charge is -2.35. The minimum Gasteiger partial charge on any atom is -0.389 e. The third-order valence-electron chi connectivity index (χ3n) is 3.41. The topological polar surface area (TPSA) is 62.5 Å². The van der Waals surface area contributed by atoms with Crippen molar-refractivity contribution in [3.8, 4) is 0 Å². The van der Waals surface area contributed by atoms with Crippen LogP contribution in [0.15, 0.2) is 12.3 Å². The lowest BCUT2D eigenvalue weighted by atomic mass is 10.1. The molecule has 1 aromatic heterocycles. The van der Waals surface area contributed by atoms with Crippen LogP contribution < -0.4 is 10.6 Å². The van der Waals surface area contributed by atoms with Crippen molar-refractivity contribution in [2.75, 3.05) is 31.1 Å². The number of nitrogens with two attached hydrogens (primary N) is 1. The molecule has 1 saturated heterocycles. The van der Waals surface area contributed by atoms with Gasteiger partial charge in [0.05, 0.1) is 5.56 Å². The molecule has 19 heavy (non-hydrogen) atoms. The zero-order chi connectivity index (χ0) is 14.0. The van der Waals surface area contributed by atoms with E-state index in [2.05, 4.69) is 9.88 Å². The van der Waals surface area contributed by atoms with E-state index in [4.69, 9.17) is 18.0 Å². The number of carbonyl (C=O) groups excluding carboxylic acids is 1. The summed E-state index contributed by atoms with van der Waals surface area (Å²) in [5.74, 6) is 0.946. The molecule has 5 nitrogen and oxygen atoms in total. The third kappa shape index (κ3) is 2.84. The van der Waals surface area contributed by atoms with E-state index >= 15 is 0 Å². The molecule has 0 aliphatic carbocycles. The summed E-state index contributed by atoms with van der Waals surface area (Å²) in [5.41, 5.74) is 7.67. The first-order chi connectivity index (χ1) is 9.00. The van der Waals surface area contributed by atoms with Gasteiger partial charge in [0, 0.05) is 39.3 Å². The molecule has 1 aromatic rings. The van der Waals surface area contributed by atoms with E-state index in [0.717, 1.165) is 30.0 Å². The quantitative estimate of drug-likeness (QED) is 0.807. The van der Waals surface area contributed by atoms with Crippen LogP contribution in [0, 0.1) is 6.92 Å². The molecule has 2 heterocycles. The fourth-order valence-corrected chi connectivity index (χ4v) is 2.57. The largest absolute Gasteiger partial charge is 0.389 e. The second-order valence-corrected chi connectivity index (χ2v) is 5.12. The molecule has 1 aliphatic rings. The Morgan fingerprint density at radius 1 is 1.37 bits per heavy atom. The van der Waals surface area contributed by atoms with Gasteiger partial charge < -0.3 is 15.5 Å². The summed E-state index contributed by atoms with van der Waals surface area (Å²) in [6, 6.07) is 1.91. The van der Waals surface area contributed by atoms with Crippen molar-refractivity contribution >= 4 is 28.9 Å². The Balaban J connectivity index is 2.22. The van der Waals surface area contributed by atoms with Crippen LogP contribution >= 0.6 is 12.2 Å². The maximum absolute atomic E-state index is 11.3. The van der Waals surface area contributed by atoms with Crippen LogP contribution in [-0.2, 0) is 4.79 Å². The summed E-state index contributed by atoms with van der Waals surface area (Å²) >= 11 is 5.12. The van der Waals surface area contributed by atoms with Crippen molar-refractivity contribution < 1.29 is 4.79 Å². The number of aryl methyl sites for hydroxylation is 1. The summed E-state index contributed by atoms with van der Waals surface area (Å²) in [5, 5.41) is 0. The van der Waals surface area contributed by atoms with Crippen LogP contribution in [0.5, 0.6) is 0 Å². The van der Waals surface area contributed by atoms with E-state index < -0.39 is 0 Å². The van der Waals surface area contributed by atoms with Crippen molar-refractivity contribution in [1.29, 1.82) is 0 Å². The molecule has 0 spiro atoms. The average Bonchev–Trinajstić information content (AvgIpc) is 2.38. The van der Waals surface area contributed by atoms with Crippen molar-refractivity contribution in [1.82, 2.24) is 9.88 Å². The number of pyridine rings is 1. The molecule has 0 saturated carbocycles. The fourth-order valence-electron chi connectivity index (χ4n) is 2.32. The highest BCUT2D eigenvalue weighted by Gasteiger charge is 2.22. The van der Waals surface area contributed by atoms with Crippen molar-refractivity contribution in [3.63, 3.8) is 0 Å². The summed E-state index contributed by atoms with van der Waals surface area (Å²) in [7, 11) is 0. The standard InChI is InChI=1S/C13H18N4OS/c1-9-3-4-15-13(11(9)12(14)19)17-7-5-16(6-8-17)10(2)18/h3-4H,5-8H2,1-2H3,(H2,14,19). The SMILES string of the molecule is CC(=O)N1CCN(c2nccc(C)c2C(N)=S)CC1. The van der Waals surface area contributed by atoms with Crippen LogP contribution in [0.2, 0.25) is 0 Å². The molecule has 1 aliphatic heterocycles. The van der Waals surface area contributed by atoms with Gasteiger partial charge in [0.15, 0.2) is 0 Å². The van der Waals surface area contributed by atoms with Crippen LogP contribution in [0.25, 0.3) is 0 Å². The Bertz CT molecular complexity index is 509. The van der Waals surface area contributed by atoms with Gasteiger partial charge >= 0.3 is 0 Å². The second-order valence-electron chi connectivity index (χ2n) is 4.68. The van der Waals surface area contributed by atoms with Gasteiger partial charge in [-0.3, -0.25) is 4.79 Å². The van der Waals surface area contributed by atoms with Gasteiger partial charge in [-0.15, -0.1) is 0 Å². The van der Waals surface area contributed by atoms with Crippen molar-refractivity contribution in [2.24, 2.45) is 5.73 Å². The highest BCUT2D eigenvalue weighted by molar-refractivity contribution is 7.80. The first-order valence-corrected chi connectivity index (χ1v) is 6.67. The van der Waals surface area contributed by atoms with Crippen LogP contribution in [0.4, 0.5) is 5.82 Å². The third-order valence-corrected chi connectivity index (χ3v) is 3.61. The lowest BCUT2D eigenvalue weighted by Crippen LogP contribution is -2.48. The molecule has 1 amide bonds. The number of piperazine rings is 1. The van der Waals surface area contributed by atoms with Gasteiger partial charge in [-0.2, -0.15) is 0 Å². The minimum atomic E-state index is 0.117. The number of nitrogens with zero attached hydrogens (tertiary/aromatic N) is 3. The average molecular weight is 278 g/mol. The van der Waals surface area contributed by atoms with Gasteiger partial charge in [0.25, 0.3) is 0 Å². The van der Waals surface area contributed by atoms with Gasteiger partial charge in [0.2, 0.25) is 5.91 Å². The van der Waals surface area contributed by atoms with Gasteiger partial charge in [-0.05, 0) is 18.6 Å². The number of carbonyl (C=O) groups is 1. The monoisotopic (exact) mass is 278 g/mol.